The highest BCUT2D eigenvalue weighted by molar-refractivity contribution is 5.90. The summed E-state index contributed by atoms with van der Waals surface area (Å²) in [4.78, 5) is 8.43. The van der Waals surface area contributed by atoms with Gasteiger partial charge in [0.2, 0.25) is 0 Å². The molecule has 3 rings (SSSR count). The van der Waals surface area contributed by atoms with E-state index in [2.05, 4.69) is 15.3 Å². The third-order valence-corrected chi connectivity index (χ3v) is 3.00. The molecular formula is C15H12FN3. The topological polar surface area (TPSA) is 37.8 Å². The van der Waals surface area contributed by atoms with Crippen LogP contribution in [-0.4, -0.2) is 9.97 Å². The fourth-order valence-electron chi connectivity index (χ4n) is 1.96. The monoisotopic (exact) mass is 253 g/mol. The number of fused-ring (bicyclic) bond motifs is 1. The fraction of sp³-hybridized carbons (Fsp3) is 0.0667. The van der Waals surface area contributed by atoms with Crippen molar-refractivity contribution in [2.45, 2.75) is 6.92 Å². The van der Waals surface area contributed by atoms with E-state index in [1.807, 2.05) is 31.2 Å². The molecule has 19 heavy (non-hydrogen) atoms. The third-order valence-electron chi connectivity index (χ3n) is 3.00. The van der Waals surface area contributed by atoms with Crippen LogP contribution >= 0.6 is 0 Å². The normalized spacial score (nSPS) is 10.6. The first-order valence-electron chi connectivity index (χ1n) is 5.97. The summed E-state index contributed by atoms with van der Waals surface area (Å²) < 4.78 is 13.3. The number of hydrogen-bond donors (Lipinski definition) is 1. The van der Waals surface area contributed by atoms with Crippen LogP contribution in [0, 0.1) is 12.7 Å². The van der Waals surface area contributed by atoms with Gasteiger partial charge in [0, 0.05) is 11.1 Å². The highest BCUT2D eigenvalue weighted by Crippen LogP contribution is 2.25. The minimum absolute atomic E-state index is 0.272. The van der Waals surface area contributed by atoms with Gasteiger partial charge in [-0.1, -0.05) is 18.2 Å². The Bertz CT molecular complexity index is 735. The predicted octanol–water partition coefficient (Wildman–Crippen LogP) is 3.82. The highest BCUT2D eigenvalue weighted by Gasteiger charge is 2.05. The molecule has 0 unspecified atom stereocenters. The summed E-state index contributed by atoms with van der Waals surface area (Å²) in [6.07, 6.45) is 1.50. The molecule has 1 heterocycles. The molecule has 3 aromatic rings. The van der Waals surface area contributed by atoms with E-state index in [-0.39, 0.29) is 5.82 Å². The molecule has 0 aliphatic carbocycles. The Labute approximate surface area is 110 Å². The van der Waals surface area contributed by atoms with Crippen molar-refractivity contribution in [3.63, 3.8) is 0 Å². The van der Waals surface area contributed by atoms with Crippen LogP contribution in [0.4, 0.5) is 15.9 Å². The Hall–Kier alpha value is -2.49. The second kappa shape index (κ2) is 4.65. The number of nitrogens with one attached hydrogen (secondary N) is 1. The molecule has 1 N–H and O–H groups in total. The number of anilines is 2. The highest BCUT2D eigenvalue weighted by atomic mass is 19.1. The molecule has 94 valence electrons. The average molecular weight is 253 g/mol. The second-order valence-corrected chi connectivity index (χ2v) is 4.32. The molecule has 0 bridgehead atoms. The zero-order valence-electron chi connectivity index (χ0n) is 10.4. The summed E-state index contributed by atoms with van der Waals surface area (Å²) in [5, 5.41) is 4.08. The first-order chi connectivity index (χ1) is 9.24. The predicted molar refractivity (Wildman–Crippen MR) is 74.0 cm³/mol. The van der Waals surface area contributed by atoms with Crippen molar-refractivity contribution >= 4 is 22.4 Å². The Morgan fingerprint density at radius 2 is 1.89 bits per heavy atom. The molecule has 0 fully saturated rings. The van der Waals surface area contributed by atoms with E-state index in [4.69, 9.17) is 0 Å². The quantitative estimate of drug-likeness (QED) is 0.754. The number of rotatable bonds is 2. The van der Waals surface area contributed by atoms with Crippen molar-refractivity contribution in [2.24, 2.45) is 0 Å². The molecule has 0 saturated carbocycles. The molecule has 0 spiro atoms. The maximum atomic E-state index is 13.3. The Balaban J connectivity index is 2.08. The first kappa shape index (κ1) is 11.6. The standard InChI is InChI=1S/C15H12FN3/c1-10-6-7-11(16)8-14(10)19-15-12-4-2-3-5-13(12)17-9-18-15/h2-9H,1H3,(H,17,18,19). The molecule has 0 radical (unpaired) electrons. The number of nitrogens with zero attached hydrogens (tertiary/aromatic N) is 2. The lowest BCUT2D eigenvalue weighted by Gasteiger charge is -2.10. The Morgan fingerprint density at radius 1 is 1.05 bits per heavy atom. The van der Waals surface area contributed by atoms with E-state index in [0.29, 0.717) is 11.5 Å². The summed E-state index contributed by atoms with van der Waals surface area (Å²) in [6, 6.07) is 12.3. The molecule has 4 heteroatoms. The van der Waals surface area contributed by atoms with Crippen LogP contribution < -0.4 is 5.32 Å². The minimum Gasteiger partial charge on any atom is -0.339 e. The van der Waals surface area contributed by atoms with Gasteiger partial charge in [0.1, 0.15) is 18.0 Å². The van der Waals surface area contributed by atoms with Gasteiger partial charge in [-0.3, -0.25) is 0 Å². The van der Waals surface area contributed by atoms with Gasteiger partial charge < -0.3 is 5.32 Å². The van der Waals surface area contributed by atoms with E-state index in [1.54, 1.807) is 6.07 Å². The molecule has 1 aromatic heterocycles. The summed E-state index contributed by atoms with van der Waals surface area (Å²) >= 11 is 0. The number of para-hydroxylation sites is 1. The minimum atomic E-state index is -0.272. The Morgan fingerprint density at radius 3 is 2.79 bits per heavy atom. The van der Waals surface area contributed by atoms with E-state index in [1.165, 1.54) is 18.5 Å². The number of benzene rings is 2. The number of aromatic nitrogens is 2. The molecule has 0 atom stereocenters. The van der Waals surface area contributed by atoms with Gasteiger partial charge in [0.25, 0.3) is 0 Å². The summed E-state index contributed by atoms with van der Waals surface area (Å²) in [5.41, 5.74) is 2.53. The zero-order valence-corrected chi connectivity index (χ0v) is 10.4. The summed E-state index contributed by atoms with van der Waals surface area (Å²) in [6.45, 7) is 1.92. The van der Waals surface area contributed by atoms with E-state index in [0.717, 1.165) is 16.5 Å². The van der Waals surface area contributed by atoms with Gasteiger partial charge in [-0.15, -0.1) is 0 Å². The van der Waals surface area contributed by atoms with Gasteiger partial charge in [0.15, 0.2) is 0 Å². The fourth-order valence-corrected chi connectivity index (χ4v) is 1.96. The van der Waals surface area contributed by atoms with Crippen LogP contribution in [0.2, 0.25) is 0 Å². The van der Waals surface area contributed by atoms with E-state index < -0.39 is 0 Å². The second-order valence-electron chi connectivity index (χ2n) is 4.32. The van der Waals surface area contributed by atoms with Crippen molar-refractivity contribution in [3.05, 3.63) is 60.2 Å². The largest absolute Gasteiger partial charge is 0.339 e. The lowest BCUT2D eigenvalue weighted by molar-refractivity contribution is 0.628. The number of halogens is 1. The maximum Gasteiger partial charge on any atom is 0.141 e. The van der Waals surface area contributed by atoms with Crippen molar-refractivity contribution in [1.82, 2.24) is 9.97 Å². The van der Waals surface area contributed by atoms with E-state index >= 15 is 0 Å². The van der Waals surface area contributed by atoms with Crippen LogP contribution in [0.25, 0.3) is 10.9 Å². The Kier molecular flexibility index (Phi) is 2.83. The smallest absolute Gasteiger partial charge is 0.141 e. The maximum absolute atomic E-state index is 13.3. The first-order valence-corrected chi connectivity index (χ1v) is 5.97. The van der Waals surface area contributed by atoms with Crippen molar-refractivity contribution in [1.29, 1.82) is 0 Å². The van der Waals surface area contributed by atoms with Crippen LogP contribution in [0.15, 0.2) is 48.8 Å². The number of aryl methyl sites for hydroxylation is 1. The average Bonchev–Trinajstić information content (AvgIpc) is 2.43. The van der Waals surface area contributed by atoms with Crippen LogP contribution in [0.5, 0.6) is 0 Å². The lowest BCUT2D eigenvalue weighted by Crippen LogP contribution is -1.98. The molecule has 2 aromatic carbocycles. The van der Waals surface area contributed by atoms with Gasteiger partial charge in [0.05, 0.1) is 5.52 Å². The van der Waals surface area contributed by atoms with Crippen LogP contribution in [-0.2, 0) is 0 Å². The molecule has 0 aliphatic rings. The van der Waals surface area contributed by atoms with Crippen LogP contribution in [0.1, 0.15) is 5.56 Å². The molecule has 0 amide bonds. The third kappa shape index (κ3) is 2.25. The van der Waals surface area contributed by atoms with Crippen LogP contribution in [0.3, 0.4) is 0 Å². The van der Waals surface area contributed by atoms with Crippen molar-refractivity contribution in [2.75, 3.05) is 5.32 Å². The summed E-state index contributed by atoms with van der Waals surface area (Å²) in [7, 11) is 0. The number of hydrogen-bond acceptors (Lipinski definition) is 3. The SMILES string of the molecule is Cc1ccc(F)cc1Nc1ncnc2ccccc12. The van der Waals surface area contributed by atoms with Crippen molar-refractivity contribution in [3.8, 4) is 0 Å². The molecule has 3 nitrogen and oxygen atoms in total. The summed E-state index contributed by atoms with van der Waals surface area (Å²) in [5.74, 6) is 0.408. The van der Waals surface area contributed by atoms with Gasteiger partial charge in [-0.25, -0.2) is 14.4 Å². The van der Waals surface area contributed by atoms with Gasteiger partial charge in [-0.05, 0) is 36.8 Å². The zero-order chi connectivity index (χ0) is 13.2. The molecule has 0 aliphatic heterocycles. The van der Waals surface area contributed by atoms with Gasteiger partial charge in [-0.2, -0.15) is 0 Å². The van der Waals surface area contributed by atoms with Crippen molar-refractivity contribution < 1.29 is 4.39 Å². The lowest BCUT2D eigenvalue weighted by atomic mass is 10.2. The molecule has 0 saturated heterocycles. The van der Waals surface area contributed by atoms with E-state index in [9.17, 15) is 4.39 Å². The van der Waals surface area contributed by atoms with Gasteiger partial charge >= 0.3 is 0 Å². The molecular weight excluding hydrogens is 241 g/mol.